The molecule has 2 N–H and O–H groups in total. The molecule has 1 heterocycles. The van der Waals surface area contributed by atoms with Gasteiger partial charge in [0.1, 0.15) is 11.6 Å². The Kier molecular flexibility index (Phi) is 7.45. The van der Waals surface area contributed by atoms with Gasteiger partial charge in [0.2, 0.25) is 11.8 Å². The van der Waals surface area contributed by atoms with Gasteiger partial charge >= 0.3 is 0 Å². The van der Waals surface area contributed by atoms with Crippen molar-refractivity contribution in [2.75, 3.05) is 23.5 Å². The van der Waals surface area contributed by atoms with Crippen LogP contribution in [0.25, 0.3) is 0 Å². The minimum absolute atomic E-state index is 0.119. The van der Waals surface area contributed by atoms with Crippen molar-refractivity contribution < 1.29 is 14.3 Å². The van der Waals surface area contributed by atoms with E-state index >= 15 is 0 Å². The molecule has 0 aliphatic carbocycles. The summed E-state index contributed by atoms with van der Waals surface area (Å²) in [6.45, 7) is 0. The average Bonchev–Trinajstić information content (AvgIpc) is 3.11. The third-order valence-electron chi connectivity index (χ3n) is 4.27. The van der Waals surface area contributed by atoms with Crippen LogP contribution in [-0.2, 0) is 23.1 Å². The predicted octanol–water partition coefficient (Wildman–Crippen LogP) is 3.13. The summed E-state index contributed by atoms with van der Waals surface area (Å²) in [7, 11) is 3.38. The van der Waals surface area contributed by atoms with Crippen molar-refractivity contribution in [2.45, 2.75) is 18.0 Å². The molecule has 0 saturated heterocycles. The molecule has 9 heteroatoms. The van der Waals surface area contributed by atoms with Crippen LogP contribution < -0.4 is 15.4 Å². The molecule has 0 radical (unpaired) electrons. The van der Waals surface area contributed by atoms with Crippen LogP contribution in [0.1, 0.15) is 12.2 Å². The van der Waals surface area contributed by atoms with Gasteiger partial charge in [-0.2, -0.15) is 0 Å². The van der Waals surface area contributed by atoms with Crippen molar-refractivity contribution in [1.82, 2.24) is 14.8 Å². The first-order chi connectivity index (χ1) is 14.6. The number of nitrogens with zero attached hydrogens (tertiary/aromatic N) is 3. The number of anilines is 2. The highest BCUT2D eigenvalue weighted by molar-refractivity contribution is 7.99. The van der Waals surface area contributed by atoms with E-state index in [1.807, 2.05) is 49.5 Å². The first-order valence-corrected chi connectivity index (χ1v) is 10.3. The van der Waals surface area contributed by atoms with Gasteiger partial charge in [-0.05, 0) is 24.3 Å². The number of hydrogen-bond donors (Lipinski definition) is 2. The Balaban J connectivity index is 1.49. The maximum atomic E-state index is 12.3. The zero-order valence-electron chi connectivity index (χ0n) is 16.8. The highest BCUT2D eigenvalue weighted by atomic mass is 32.2. The maximum absolute atomic E-state index is 12.3. The van der Waals surface area contributed by atoms with Gasteiger partial charge in [-0.15, -0.1) is 10.2 Å². The number of aromatic nitrogens is 3. The van der Waals surface area contributed by atoms with Gasteiger partial charge in [0, 0.05) is 25.6 Å². The Bertz CT molecular complexity index is 1010. The topological polar surface area (TPSA) is 98.1 Å². The highest BCUT2D eigenvalue weighted by Gasteiger charge is 2.14. The maximum Gasteiger partial charge on any atom is 0.234 e. The summed E-state index contributed by atoms with van der Waals surface area (Å²) in [6.07, 6.45) is 0.685. The van der Waals surface area contributed by atoms with Crippen molar-refractivity contribution in [3.05, 3.63) is 60.4 Å². The zero-order valence-corrected chi connectivity index (χ0v) is 17.6. The van der Waals surface area contributed by atoms with Crippen molar-refractivity contribution in [2.24, 2.45) is 7.05 Å². The zero-order chi connectivity index (χ0) is 21.3. The summed E-state index contributed by atoms with van der Waals surface area (Å²) in [6, 6.07) is 16.5. The molecule has 0 spiro atoms. The molecule has 3 rings (SSSR count). The second-order valence-electron chi connectivity index (χ2n) is 6.41. The Morgan fingerprint density at radius 1 is 1.00 bits per heavy atom. The fraction of sp³-hybridized carbons (Fsp3) is 0.238. The van der Waals surface area contributed by atoms with E-state index in [2.05, 4.69) is 20.8 Å². The summed E-state index contributed by atoms with van der Waals surface area (Å²) < 4.78 is 7.04. The fourth-order valence-electron chi connectivity index (χ4n) is 2.72. The molecule has 0 saturated carbocycles. The van der Waals surface area contributed by atoms with Crippen LogP contribution in [0, 0.1) is 0 Å². The van der Waals surface area contributed by atoms with Gasteiger partial charge < -0.3 is 19.9 Å². The van der Waals surface area contributed by atoms with Crippen molar-refractivity contribution >= 4 is 35.0 Å². The third-order valence-corrected chi connectivity index (χ3v) is 5.29. The molecule has 0 fully saturated rings. The molecule has 8 nitrogen and oxygen atoms in total. The number of aryl methyl sites for hydroxylation is 1. The van der Waals surface area contributed by atoms with E-state index in [1.165, 1.54) is 11.8 Å². The summed E-state index contributed by atoms with van der Waals surface area (Å²) in [5.41, 5.74) is 1.38. The Hall–Kier alpha value is -3.33. The van der Waals surface area contributed by atoms with Gasteiger partial charge in [-0.3, -0.25) is 9.59 Å². The van der Waals surface area contributed by atoms with Crippen LogP contribution in [0.15, 0.2) is 59.8 Å². The molecule has 156 valence electrons. The van der Waals surface area contributed by atoms with Crippen molar-refractivity contribution in [3.8, 4) is 5.75 Å². The molecule has 30 heavy (non-hydrogen) atoms. The van der Waals surface area contributed by atoms with E-state index < -0.39 is 0 Å². The van der Waals surface area contributed by atoms with Crippen molar-refractivity contribution in [3.63, 3.8) is 0 Å². The molecular weight excluding hydrogens is 402 g/mol. The second-order valence-corrected chi connectivity index (χ2v) is 7.35. The number of para-hydroxylation sites is 3. The minimum Gasteiger partial charge on any atom is -0.495 e. The summed E-state index contributed by atoms with van der Waals surface area (Å²) >= 11 is 1.30. The molecule has 3 aromatic rings. The van der Waals surface area contributed by atoms with Gasteiger partial charge in [0.25, 0.3) is 0 Å². The second kappa shape index (κ2) is 10.4. The molecular formula is C21H23N5O3S. The normalized spacial score (nSPS) is 10.5. The number of nitrogens with one attached hydrogen (secondary N) is 2. The number of carbonyl (C=O) groups is 2. The van der Waals surface area contributed by atoms with Gasteiger partial charge in [0.05, 0.1) is 18.6 Å². The van der Waals surface area contributed by atoms with Crippen LogP contribution in [0.3, 0.4) is 0 Å². The fourth-order valence-corrected chi connectivity index (χ4v) is 3.45. The Morgan fingerprint density at radius 3 is 2.50 bits per heavy atom. The smallest absolute Gasteiger partial charge is 0.234 e. The molecule has 0 aliphatic rings. The van der Waals surface area contributed by atoms with Crippen molar-refractivity contribution in [1.29, 1.82) is 0 Å². The van der Waals surface area contributed by atoms with Gasteiger partial charge in [-0.25, -0.2) is 0 Å². The minimum atomic E-state index is -0.140. The molecule has 0 unspecified atom stereocenters. The number of carbonyl (C=O) groups excluding carboxylic acids is 2. The predicted molar refractivity (Wildman–Crippen MR) is 117 cm³/mol. The lowest BCUT2D eigenvalue weighted by Crippen LogP contribution is -2.15. The summed E-state index contributed by atoms with van der Waals surface area (Å²) in [5.74, 6) is 1.24. The van der Waals surface area contributed by atoms with Crippen LogP contribution >= 0.6 is 11.8 Å². The standard InChI is InChI=1S/C21H23N5O3S/c1-26-18(12-13-19(27)23-16-10-6-7-11-17(16)29-2)24-25-21(26)30-14-20(28)22-15-8-4-3-5-9-15/h3-11H,12-14H2,1-2H3,(H,22,28)(H,23,27). The molecule has 1 aromatic heterocycles. The van der Waals surface area contributed by atoms with Crippen LogP contribution in [0.5, 0.6) is 5.75 Å². The molecule has 0 bridgehead atoms. The number of ether oxygens (including phenoxy) is 1. The average molecular weight is 426 g/mol. The Labute approximate surface area is 179 Å². The van der Waals surface area contributed by atoms with Crippen LogP contribution in [0.2, 0.25) is 0 Å². The van der Waals surface area contributed by atoms with E-state index in [0.717, 1.165) is 5.69 Å². The first-order valence-electron chi connectivity index (χ1n) is 9.35. The number of methoxy groups -OCH3 is 1. The van der Waals surface area contributed by atoms with Crippen LogP contribution in [-0.4, -0.2) is 39.4 Å². The van der Waals surface area contributed by atoms with Gasteiger partial charge in [-0.1, -0.05) is 42.1 Å². The third kappa shape index (κ3) is 5.84. The molecule has 0 aliphatic heterocycles. The van der Waals surface area contributed by atoms with Crippen LogP contribution in [0.4, 0.5) is 11.4 Å². The monoisotopic (exact) mass is 425 g/mol. The lowest BCUT2D eigenvalue weighted by Gasteiger charge is -2.09. The number of rotatable bonds is 9. The van der Waals surface area contributed by atoms with E-state index in [1.54, 1.807) is 23.8 Å². The number of benzene rings is 2. The van der Waals surface area contributed by atoms with E-state index in [4.69, 9.17) is 4.74 Å². The largest absolute Gasteiger partial charge is 0.495 e. The number of amides is 2. The molecule has 0 atom stereocenters. The first kappa shape index (κ1) is 21.4. The lowest BCUT2D eigenvalue weighted by molar-refractivity contribution is -0.116. The summed E-state index contributed by atoms with van der Waals surface area (Å²) in [5, 5.41) is 14.6. The van der Waals surface area contributed by atoms with E-state index in [-0.39, 0.29) is 24.0 Å². The number of hydrogen-bond acceptors (Lipinski definition) is 6. The summed E-state index contributed by atoms with van der Waals surface area (Å²) in [4.78, 5) is 24.4. The van der Waals surface area contributed by atoms with E-state index in [9.17, 15) is 9.59 Å². The SMILES string of the molecule is COc1ccccc1NC(=O)CCc1nnc(SCC(=O)Nc2ccccc2)n1C. The Morgan fingerprint density at radius 2 is 1.73 bits per heavy atom. The quantitative estimate of drug-likeness (QED) is 0.511. The highest BCUT2D eigenvalue weighted by Crippen LogP contribution is 2.23. The molecule has 2 aromatic carbocycles. The van der Waals surface area contributed by atoms with E-state index in [0.29, 0.717) is 28.8 Å². The van der Waals surface area contributed by atoms with Gasteiger partial charge in [0.15, 0.2) is 5.16 Å². The number of thioether (sulfide) groups is 1. The lowest BCUT2D eigenvalue weighted by atomic mass is 10.2. The molecule has 2 amide bonds.